The van der Waals surface area contributed by atoms with Gasteiger partial charge in [-0.2, -0.15) is 0 Å². The van der Waals surface area contributed by atoms with Crippen molar-refractivity contribution in [3.63, 3.8) is 0 Å². The fraction of sp³-hybridized carbons (Fsp3) is 0.800. The predicted molar refractivity (Wildman–Crippen MR) is 81.8 cm³/mol. The quantitative estimate of drug-likeness (QED) is 0.858. The Labute approximate surface area is 122 Å². The molecule has 2 rings (SSSR count). The number of rotatable bonds is 5. The summed E-state index contributed by atoms with van der Waals surface area (Å²) in [4.78, 5) is 6.43. The van der Waals surface area contributed by atoms with Crippen LogP contribution in [0.1, 0.15) is 38.3 Å². The molecule has 0 amide bonds. The van der Waals surface area contributed by atoms with Crippen LogP contribution in [0.2, 0.25) is 0 Å². The Morgan fingerprint density at radius 3 is 2.60 bits per heavy atom. The number of imidazole rings is 1. The molecule has 1 heterocycles. The number of anilines is 1. The van der Waals surface area contributed by atoms with E-state index in [9.17, 15) is 5.11 Å². The van der Waals surface area contributed by atoms with Gasteiger partial charge in [0.1, 0.15) is 0 Å². The SMILES string of the molecule is CC1CCC(CO)(NCc2cnc(N(C)C)n2C)CC1. The minimum atomic E-state index is -0.102. The molecule has 0 aromatic carbocycles. The molecule has 5 heteroatoms. The van der Waals surface area contributed by atoms with Gasteiger partial charge in [0, 0.05) is 33.2 Å². The molecular weight excluding hydrogens is 252 g/mol. The van der Waals surface area contributed by atoms with Crippen LogP contribution >= 0.6 is 0 Å². The highest BCUT2D eigenvalue weighted by Crippen LogP contribution is 2.31. The van der Waals surface area contributed by atoms with E-state index in [4.69, 9.17) is 0 Å². The van der Waals surface area contributed by atoms with E-state index in [1.54, 1.807) is 0 Å². The average Bonchev–Trinajstić information content (AvgIpc) is 2.80. The topological polar surface area (TPSA) is 53.3 Å². The lowest BCUT2D eigenvalue weighted by molar-refractivity contribution is 0.104. The van der Waals surface area contributed by atoms with E-state index in [1.807, 2.05) is 32.2 Å². The first kappa shape index (κ1) is 15.3. The summed E-state index contributed by atoms with van der Waals surface area (Å²) in [6.45, 7) is 3.27. The second kappa shape index (κ2) is 6.14. The number of hydrogen-bond donors (Lipinski definition) is 2. The van der Waals surface area contributed by atoms with Gasteiger partial charge in [-0.15, -0.1) is 0 Å². The van der Waals surface area contributed by atoms with Crippen LogP contribution in [0.4, 0.5) is 5.95 Å². The maximum absolute atomic E-state index is 9.78. The fourth-order valence-electron chi connectivity index (χ4n) is 3.00. The van der Waals surface area contributed by atoms with E-state index < -0.39 is 0 Å². The van der Waals surface area contributed by atoms with Crippen molar-refractivity contribution in [1.29, 1.82) is 0 Å². The molecule has 1 aromatic rings. The summed E-state index contributed by atoms with van der Waals surface area (Å²) in [6, 6.07) is 0. The number of aliphatic hydroxyl groups excluding tert-OH is 1. The minimum absolute atomic E-state index is 0.102. The van der Waals surface area contributed by atoms with Crippen molar-refractivity contribution in [2.75, 3.05) is 25.6 Å². The molecule has 0 aliphatic heterocycles. The van der Waals surface area contributed by atoms with Crippen molar-refractivity contribution < 1.29 is 5.11 Å². The maximum Gasteiger partial charge on any atom is 0.204 e. The van der Waals surface area contributed by atoms with Crippen LogP contribution in [-0.2, 0) is 13.6 Å². The monoisotopic (exact) mass is 280 g/mol. The van der Waals surface area contributed by atoms with Crippen molar-refractivity contribution in [2.45, 2.75) is 44.7 Å². The summed E-state index contributed by atoms with van der Waals surface area (Å²) in [6.07, 6.45) is 6.43. The summed E-state index contributed by atoms with van der Waals surface area (Å²) >= 11 is 0. The maximum atomic E-state index is 9.78. The summed E-state index contributed by atoms with van der Waals surface area (Å²) < 4.78 is 2.10. The number of nitrogens with one attached hydrogen (secondary N) is 1. The third-order valence-corrected chi connectivity index (χ3v) is 4.64. The van der Waals surface area contributed by atoms with E-state index in [0.29, 0.717) is 0 Å². The Morgan fingerprint density at radius 1 is 1.45 bits per heavy atom. The van der Waals surface area contributed by atoms with E-state index in [0.717, 1.165) is 36.9 Å². The van der Waals surface area contributed by atoms with Crippen LogP contribution in [0.25, 0.3) is 0 Å². The third kappa shape index (κ3) is 3.15. The summed E-state index contributed by atoms with van der Waals surface area (Å²) in [5.74, 6) is 1.74. The van der Waals surface area contributed by atoms with Crippen molar-refractivity contribution >= 4 is 5.95 Å². The number of aromatic nitrogens is 2. The molecule has 1 fully saturated rings. The largest absolute Gasteiger partial charge is 0.394 e. The molecule has 0 spiro atoms. The predicted octanol–water partition coefficient (Wildman–Crippen LogP) is 1.52. The molecule has 1 saturated carbocycles. The van der Waals surface area contributed by atoms with E-state index in [1.165, 1.54) is 12.8 Å². The standard InChI is InChI=1S/C15H28N4O/c1-12-5-7-15(11-20,8-6-12)17-10-13-9-16-14(18(2)3)19(13)4/h9,12,17,20H,5-8,10-11H2,1-4H3. The Kier molecular flexibility index (Phi) is 4.70. The molecule has 0 bridgehead atoms. The number of nitrogens with zero attached hydrogens (tertiary/aromatic N) is 3. The highest BCUT2D eigenvalue weighted by Gasteiger charge is 2.33. The molecule has 0 saturated heterocycles. The third-order valence-electron chi connectivity index (χ3n) is 4.64. The zero-order valence-corrected chi connectivity index (χ0v) is 13.2. The second-order valence-electron chi connectivity index (χ2n) is 6.48. The fourth-order valence-corrected chi connectivity index (χ4v) is 3.00. The molecule has 0 atom stereocenters. The Bertz CT molecular complexity index is 433. The van der Waals surface area contributed by atoms with Crippen LogP contribution in [0.5, 0.6) is 0 Å². The molecular formula is C15H28N4O. The molecule has 1 aromatic heterocycles. The smallest absolute Gasteiger partial charge is 0.204 e. The Morgan fingerprint density at radius 2 is 2.10 bits per heavy atom. The van der Waals surface area contributed by atoms with E-state index >= 15 is 0 Å². The first-order valence-electron chi connectivity index (χ1n) is 7.51. The second-order valence-corrected chi connectivity index (χ2v) is 6.48. The van der Waals surface area contributed by atoms with Gasteiger partial charge in [0.05, 0.1) is 18.5 Å². The molecule has 0 unspecified atom stereocenters. The molecule has 2 N–H and O–H groups in total. The van der Waals surface area contributed by atoms with Crippen LogP contribution in [0, 0.1) is 5.92 Å². The Balaban J connectivity index is 2.00. The lowest BCUT2D eigenvalue weighted by Crippen LogP contribution is -2.50. The Hall–Kier alpha value is -1.07. The lowest BCUT2D eigenvalue weighted by atomic mass is 9.77. The normalized spacial score (nSPS) is 26.8. The number of hydrogen-bond acceptors (Lipinski definition) is 4. The van der Waals surface area contributed by atoms with Gasteiger partial charge < -0.3 is 19.9 Å². The van der Waals surface area contributed by atoms with Crippen LogP contribution in [0.3, 0.4) is 0 Å². The zero-order chi connectivity index (χ0) is 14.8. The van der Waals surface area contributed by atoms with Crippen LogP contribution in [0.15, 0.2) is 6.20 Å². The van der Waals surface area contributed by atoms with Gasteiger partial charge in [0.25, 0.3) is 0 Å². The summed E-state index contributed by atoms with van der Waals surface area (Å²) in [7, 11) is 6.03. The number of aliphatic hydroxyl groups is 1. The zero-order valence-electron chi connectivity index (χ0n) is 13.2. The average molecular weight is 280 g/mol. The van der Waals surface area contributed by atoms with Crippen molar-refractivity contribution in [1.82, 2.24) is 14.9 Å². The first-order chi connectivity index (χ1) is 9.47. The molecule has 20 heavy (non-hydrogen) atoms. The minimum Gasteiger partial charge on any atom is -0.394 e. The first-order valence-corrected chi connectivity index (χ1v) is 7.51. The van der Waals surface area contributed by atoms with Crippen molar-refractivity contribution in [3.8, 4) is 0 Å². The molecule has 1 aliphatic carbocycles. The molecule has 1 aliphatic rings. The summed E-state index contributed by atoms with van der Waals surface area (Å²) in [5.41, 5.74) is 1.05. The molecule has 114 valence electrons. The van der Waals surface area contributed by atoms with Crippen molar-refractivity contribution in [2.24, 2.45) is 13.0 Å². The van der Waals surface area contributed by atoms with E-state index in [-0.39, 0.29) is 12.1 Å². The molecule has 0 radical (unpaired) electrons. The van der Waals surface area contributed by atoms with Gasteiger partial charge in [-0.1, -0.05) is 6.92 Å². The highest BCUT2D eigenvalue weighted by molar-refractivity contribution is 5.31. The van der Waals surface area contributed by atoms with Gasteiger partial charge in [-0.3, -0.25) is 0 Å². The van der Waals surface area contributed by atoms with Crippen LogP contribution in [-0.4, -0.2) is 40.9 Å². The van der Waals surface area contributed by atoms with Crippen molar-refractivity contribution in [3.05, 3.63) is 11.9 Å². The molecule has 5 nitrogen and oxygen atoms in total. The van der Waals surface area contributed by atoms with Gasteiger partial charge in [0.2, 0.25) is 5.95 Å². The summed E-state index contributed by atoms with van der Waals surface area (Å²) in [5, 5.41) is 13.4. The highest BCUT2D eigenvalue weighted by atomic mass is 16.3. The van der Waals surface area contributed by atoms with Gasteiger partial charge in [-0.25, -0.2) is 4.98 Å². The van der Waals surface area contributed by atoms with Crippen LogP contribution < -0.4 is 10.2 Å². The lowest BCUT2D eigenvalue weighted by Gasteiger charge is -2.39. The van der Waals surface area contributed by atoms with Gasteiger partial charge in [0.15, 0.2) is 0 Å². The van der Waals surface area contributed by atoms with Gasteiger partial charge in [-0.05, 0) is 31.6 Å². The van der Waals surface area contributed by atoms with E-state index in [2.05, 4.69) is 21.8 Å². The van der Waals surface area contributed by atoms with Gasteiger partial charge >= 0.3 is 0 Å².